The van der Waals surface area contributed by atoms with Crippen molar-refractivity contribution in [2.45, 2.75) is 26.8 Å². The number of nitrogens with zero attached hydrogens (tertiary/aromatic N) is 1. The van der Waals surface area contributed by atoms with Gasteiger partial charge in [0.05, 0.1) is 11.4 Å². The monoisotopic (exact) mass is 272 g/mol. The second-order valence-electron chi connectivity index (χ2n) is 5.05. The Morgan fingerprint density at radius 1 is 1.15 bits per heavy atom. The summed E-state index contributed by atoms with van der Waals surface area (Å²) in [7, 11) is 0. The number of hydrogen-bond donors (Lipinski definition) is 1. The first kappa shape index (κ1) is 14.4. The highest BCUT2D eigenvalue weighted by molar-refractivity contribution is 5.67. The lowest BCUT2D eigenvalue weighted by molar-refractivity contribution is 0.625. The zero-order valence-electron chi connectivity index (χ0n) is 12.1. The summed E-state index contributed by atoms with van der Waals surface area (Å²) >= 11 is 0. The van der Waals surface area contributed by atoms with Crippen molar-refractivity contribution in [2.75, 3.05) is 17.2 Å². The van der Waals surface area contributed by atoms with Crippen LogP contribution in [0, 0.1) is 12.7 Å². The summed E-state index contributed by atoms with van der Waals surface area (Å²) in [5.41, 5.74) is 9.98. The number of nitrogens with two attached hydrogens (primary N) is 1. The van der Waals surface area contributed by atoms with Crippen LogP contribution in [0.4, 0.5) is 15.8 Å². The molecule has 0 unspecified atom stereocenters. The van der Waals surface area contributed by atoms with Gasteiger partial charge in [-0.15, -0.1) is 0 Å². The van der Waals surface area contributed by atoms with Crippen molar-refractivity contribution in [3.8, 4) is 0 Å². The van der Waals surface area contributed by atoms with Crippen LogP contribution in [0.15, 0.2) is 42.5 Å². The molecule has 2 nitrogen and oxygen atoms in total. The largest absolute Gasteiger partial charge is 0.397 e. The van der Waals surface area contributed by atoms with Crippen molar-refractivity contribution in [3.63, 3.8) is 0 Å². The zero-order chi connectivity index (χ0) is 14.5. The molecule has 20 heavy (non-hydrogen) atoms. The van der Waals surface area contributed by atoms with E-state index in [9.17, 15) is 4.39 Å². The molecule has 0 fully saturated rings. The first-order valence-electron chi connectivity index (χ1n) is 6.96. The molecule has 0 aliphatic heterocycles. The van der Waals surface area contributed by atoms with E-state index >= 15 is 0 Å². The smallest absolute Gasteiger partial charge is 0.123 e. The van der Waals surface area contributed by atoms with E-state index in [0.717, 1.165) is 42.0 Å². The van der Waals surface area contributed by atoms with Gasteiger partial charge in [0.1, 0.15) is 5.82 Å². The van der Waals surface area contributed by atoms with E-state index in [1.807, 2.05) is 37.3 Å². The number of anilines is 2. The predicted molar refractivity (Wildman–Crippen MR) is 83.3 cm³/mol. The quantitative estimate of drug-likeness (QED) is 0.829. The highest BCUT2D eigenvalue weighted by Crippen LogP contribution is 2.25. The van der Waals surface area contributed by atoms with E-state index in [0.29, 0.717) is 0 Å². The fourth-order valence-electron chi connectivity index (χ4n) is 2.37. The number of rotatable bonds is 5. The number of halogens is 1. The Morgan fingerprint density at radius 2 is 1.90 bits per heavy atom. The van der Waals surface area contributed by atoms with E-state index < -0.39 is 0 Å². The third-order valence-electron chi connectivity index (χ3n) is 3.44. The van der Waals surface area contributed by atoms with E-state index in [-0.39, 0.29) is 5.82 Å². The Balaban J connectivity index is 2.28. The van der Waals surface area contributed by atoms with Crippen molar-refractivity contribution >= 4 is 11.4 Å². The van der Waals surface area contributed by atoms with Gasteiger partial charge < -0.3 is 10.6 Å². The minimum Gasteiger partial charge on any atom is -0.397 e. The summed E-state index contributed by atoms with van der Waals surface area (Å²) in [6.45, 7) is 5.75. The van der Waals surface area contributed by atoms with Gasteiger partial charge in [0.2, 0.25) is 0 Å². The maximum absolute atomic E-state index is 13.2. The molecule has 0 heterocycles. The Bertz CT molecular complexity index is 581. The number of aryl methyl sites for hydroxylation is 1. The summed E-state index contributed by atoms with van der Waals surface area (Å²) in [5.74, 6) is -0.187. The second-order valence-corrected chi connectivity index (χ2v) is 5.05. The van der Waals surface area contributed by atoms with Crippen molar-refractivity contribution in [1.82, 2.24) is 0 Å². The molecule has 0 amide bonds. The zero-order valence-corrected chi connectivity index (χ0v) is 12.1. The van der Waals surface area contributed by atoms with Gasteiger partial charge in [0.15, 0.2) is 0 Å². The summed E-state index contributed by atoms with van der Waals surface area (Å²) in [5, 5.41) is 0. The average Bonchev–Trinajstić information content (AvgIpc) is 2.42. The molecule has 2 aromatic carbocycles. The molecule has 0 aliphatic carbocycles. The second kappa shape index (κ2) is 6.42. The molecule has 0 bridgehead atoms. The Labute approximate surface area is 120 Å². The molecule has 0 saturated carbocycles. The SMILES string of the molecule is CCCN(Cc1ccc(F)cc1C)c1ccccc1N. The number of hydrogen-bond acceptors (Lipinski definition) is 2. The maximum Gasteiger partial charge on any atom is 0.123 e. The third-order valence-corrected chi connectivity index (χ3v) is 3.44. The van der Waals surface area contributed by atoms with Crippen molar-refractivity contribution in [2.24, 2.45) is 0 Å². The van der Waals surface area contributed by atoms with Gasteiger partial charge >= 0.3 is 0 Å². The van der Waals surface area contributed by atoms with Gasteiger partial charge in [0.25, 0.3) is 0 Å². The third kappa shape index (κ3) is 3.29. The van der Waals surface area contributed by atoms with Crippen molar-refractivity contribution < 1.29 is 4.39 Å². The van der Waals surface area contributed by atoms with E-state index in [4.69, 9.17) is 5.73 Å². The lowest BCUT2D eigenvalue weighted by Gasteiger charge is -2.26. The van der Waals surface area contributed by atoms with Crippen LogP contribution in [0.3, 0.4) is 0 Å². The minimum absolute atomic E-state index is 0.187. The molecule has 106 valence electrons. The topological polar surface area (TPSA) is 29.3 Å². The van der Waals surface area contributed by atoms with Crippen molar-refractivity contribution in [1.29, 1.82) is 0 Å². The van der Waals surface area contributed by atoms with E-state index in [1.54, 1.807) is 6.07 Å². The number of para-hydroxylation sites is 2. The summed E-state index contributed by atoms with van der Waals surface area (Å²) in [6, 6.07) is 12.8. The lowest BCUT2D eigenvalue weighted by Crippen LogP contribution is -2.24. The Kier molecular flexibility index (Phi) is 4.61. The molecule has 2 N–H and O–H groups in total. The van der Waals surface area contributed by atoms with Crippen LogP contribution in [0.2, 0.25) is 0 Å². The average molecular weight is 272 g/mol. The van der Waals surface area contributed by atoms with E-state index in [2.05, 4.69) is 11.8 Å². The van der Waals surface area contributed by atoms with Crippen LogP contribution in [0.25, 0.3) is 0 Å². The molecule has 0 spiro atoms. The van der Waals surface area contributed by atoms with Crippen LogP contribution in [-0.4, -0.2) is 6.54 Å². The summed E-state index contributed by atoms with van der Waals surface area (Å²) < 4.78 is 13.2. The van der Waals surface area contributed by atoms with Gasteiger partial charge in [-0.05, 0) is 48.7 Å². The van der Waals surface area contributed by atoms with Gasteiger partial charge in [-0.2, -0.15) is 0 Å². The minimum atomic E-state index is -0.187. The molecule has 0 radical (unpaired) electrons. The lowest BCUT2D eigenvalue weighted by atomic mass is 10.1. The number of benzene rings is 2. The molecule has 0 aromatic heterocycles. The molecule has 0 aliphatic rings. The fraction of sp³-hybridized carbons (Fsp3) is 0.294. The standard InChI is InChI=1S/C17H21FN2/c1-3-10-20(17-7-5-4-6-16(17)19)12-14-8-9-15(18)11-13(14)2/h4-9,11H,3,10,12,19H2,1-2H3. The highest BCUT2D eigenvalue weighted by Gasteiger charge is 2.11. The highest BCUT2D eigenvalue weighted by atomic mass is 19.1. The summed E-state index contributed by atoms with van der Waals surface area (Å²) in [6.07, 6.45) is 1.04. The van der Waals surface area contributed by atoms with Crippen molar-refractivity contribution in [3.05, 3.63) is 59.4 Å². The molecule has 2 aromatic rings. The first-order chi connectivity index (χ1) is 9.61. The van der Waals surface area contributed by atoms with Crippen LogP contribution < -0.4 is 10.6 Å². The molecule has 3 heteroatoms. The predicted octanol–water partition coefficient (Wildman–Crippen LogP) is 4.13. The molecule has 2 rings (SSSR count). The van der Waals surface area contributed by atoms with Crippen LogP contribution >= 0.6 is 0 Å². The van der Waals surface area contributed by atoms with Gasteiger partial charge in [0, 0.05) is 13.1 Å². The van der Waals surface area contributed by atoms with E-state index in [1.165, 1.54) is 6.07 Å². The molecule has 0 atom stereocenters. The molecular formula is C17H21FN2. The van der Waals surface area contributed by atoms with Crippen LogP contribution in [-0.2, 0) is 6.54 Å². The van der Waals surface area contributed by atoms with Gasteiger partial charge in [-0.25, -0.2) is 4.39 Å². The Hall–Kier alpha value is -2.03. The first-order valence-corrected chi connectivity index (χ1v) is 6.96. The summed E-state index contributed by atoms with van der Waals surface area (Å²) in [4.78, 5) is 2.25. The van der Waals surface area contributed by atoms with Gasteiger partial charge in [-0.1, -0.05) is 25.1 Å². The maximum atomic E-state index is 13.2. The fourth-order valence-corrected chi connectivity index (χ4v) is 2.37. The van der Waals surface area contributed by atoms with Gasteiger partial charge in [-0.3, -0.25) is 0 Å². The van der Waals surface area contributed by atoms with Crippen LogP contribution in [0.5, 0.6) is 0 Å². The van der Waals surface area contributed by atoms with Crippen LogP contribution in [0.1, 0.15) is 24.5 Å². The normalized spacial score (nSPS) is 10.6. The Morgan fingerprint density at radius 3 is 2.55 bits per heavy atom. The number of nitrogen functional groups attached to an aromatic ring is 1. The molecule has 0 saturated heterocycles. The molecular weight excluding hydrogens is 251 g/mol.